The number of aliphatic carboxylic acids is 1. The molecule has 1 unspecified atom stereocenters. The van der Waals surface area contributed by atoms with E-state index < -0.39 is 11.9 Å². The summed E-state index contributed by atoms with van der Waals surface area (Å²) < 4.78 is 0. The minimum atomic E-state index is -0.898. The molecule has 0 saturated heterocycles. The van der Waals surface area contributed by atoms with Crippen LogP contribution in [-0.2, 0) is 16.0 Å². The lowest BCUT2D eigenvalue weighted by Gasteiger charge is -2.13. The Hall–Kier alpha value is -2.27. The first-order valence-corrected chi connectivity index (χ1v) is 8.76. The van der Waals surface area contributed by atoms with Crippen molar-refractivity contribution in [3.8, 4) is 0 Å². The van der Waals surface area contributed by atoms with Gasteiger partial charge >= 0.3 is 5.97 Å². The first-order chi connectivity index (χ1) is 11.5. The summed E-state index contributed by atoms with van der Waals surface area (Å²) in [7, 11) is 0. The molecule has 0 aliphatic heterocycles. The van der Waals surface area contributed by atoms with Crippen LogP contribution in [0.2, 0.25) is 0 Å². The molecule has 24 heavy (non-hydrogen) atoms. The van der Waals surface area contributed by atoms with Gasteiger partial charge in [0, 0.05) is 11.4 Å². The van der Waals surface area contributed by atoms with E-state index in [2.05, 4.69) is 5.32 Å². The number of carbonyl (C=O) groups excluding carboxylic acids is 1. The van der Waals surface area contributed by atoms with Crippen molar-refractivity contribution in [1.82, 2.24) is 5.32 Å². The van der Waals surface area contributed by atoms with E-state index in [0.29, 0.717) is 6.42 Å². The number of carbonyl (C=O) groups is 2. The number of benzene rings is 2. The van der Waals surface area contributed by atoms with Crippen LogP contribution < -0.4 is 5.32 Å². The summed E-state index contributed by atoms with van der Waals surface area (Å²) in [5, 5.41) is 12.1. The van der Waals surface area contributed by atoms with Crippen LogP contribution in [0.5, 0.6) is 0 Å². The van der Waals surface area contributed by atoms with Crippen molar-refractivity contribution in [3.05, 3.63) is 65.7 Å². The number of hydrogen-bond acceptors (Lipinski definition) is 3. The fraction of sp³-hybridized carbons (Fsp3) is 0.263. The zero-order chi connectivity index (χ0) is 17.4. The van der Waals surface area contributed by atoms with Gasteiger partial charge in [0.25, 0.3) is 0 Å². The molecule has 2 N–H and O–H groups in total. The number of rotatable bonds is 8. The van der Waals surface area contributed by atoms with Crippen molar-refractivity contribution in [2.45, 2.75) is 18.2 Å². The van der Waals surface area contributed by atoms with Crippen molar-refractivity contribution in [2.24, 2.45) is 5.92 Å². The van der Waals surface area contributed by atoms with Crippen LogP contribution in [-0.4, -0.2) is 29.3 Å². The van der Waals surface area contributed by atoms with Crippen molar-refractivity contribution >= 4 is 23.6 Å². The van der Waals surface area contributed by atoms with Crippen molar-refractivity contribution < 1.29 is 14.7 Å². The van der Waals surface area contributed by atoms with Gasteiger partial charge in [0.2, 0.25) is 5.91 Å². The minimum Gasteiger partial charge on any atom is -0.481 e. The second kappa shape index (κ2) is 9.13. The van der Waals surface area contributed by atoms with E-state index in [1.54, 1.807) is 0 Å². The summed E-state index contributed by atoms with van der Waals surface area (Å²) >= 11 is 1.44. The molecule has 0 aliphatic carbocycles. The number of amides is 1. The predicted octanol–water partition coefficient (Wildman–Crippen LogP) is 3.15. The smallest absolute Gasteiger partial charge is 0.308 e. The summed E-state index contributed by atoms with van der Waals surface area (Å²) in [4.78, 5) is 24.3. The van der Waals surface area contributed by atoms with Crippen molar-refractivity contribution in [2.75, 3.05) is 12.3 Å². The van der Waals surface area contributed by atoms with Gasteiger partial charge in [-0.25, -0.2) is 0 Å². The van der Waals surface area contributed by atoms with Gasteiger partial charge in [-0.3, -0.25) is 9.59 Å². The van der Waals surface area contributed by atoms with Crippen LogP contribution in [0.15, 0.2) is 59.5 Å². The molecule has 2 aromatic rings. The molecule has 0 fully saturated rings. The predicted molar refractivity (Wildman–Crippen MR) is 96.2 cm³/mol. The molecular formula is C19H21NO3S. The average Bonchev–Trinajstić information content (AvgIpc) is 2.58. The second-order valence-electron chi connectivity index (χ2n) is 5.63. The highest BCUT2D eigenvalue weighted by atomic mass is 32.2. The molecule has 1 amide bonds. The first-order valence-electron chi connectivity index (χ1n) is 7.77. The fourth-order valence-corrected chi connectivity index (χ4v) is 2.95. The fourth-order valence-electron chi connectivity index (χ4n) is 2.22. The number of aryl methyl sites for hydroxylation is 1. The van der Waals surface area contributed by atoms with Gasteiger partial charge in [0.05, 0.1) is 11.7 Å². The maximum absolute atomic E-state index is 11.9. The Morgan fingerprint density at radius 3 is 2.38 bits per heavy atom. The van der Waals surface area contributed by atoms with Gasteiger partial charge in [0.1, 0.15) is 0 Å². The molecule has 5 heteroatoms. The van der Waals surface area contributed by atoms with Gasteiger partial charge in [-0.15, -0.1) is 11.8 Å². The maximum Gasteiger partial charge on any atom is 0.308 e. The Labute approximate surface area is 146 Å². The zero-order valence-corrected chi connectivity index (χ0v) is 14.4. The molecule has 2 rings (SSSR count). The summed E-state index contributed by atoms with van der Waals surface area (Å²) in [6, 6.07) is 17.4. The van der Waals surface area contributed by atoms with E-state index in [0.717, 1.165) is 10.5 Å². The highest BCUT2D eigenvalue weighted by molar-refractivity contribution is 8.00. The van der Waals surface area contributed by atoms with Crippen LogP contribution in [0, 0.1) is 12.8 Å². The topological polar surface area (TPSA) is 66.4 Å². The summed E-state index contributed by atoms with van der Waals surface area (Å²) in [6.45, 7) is 2.15. The van der Waals surface area contributed by atoms with E-state index in [-0.39, 0.29) is 18.2 Å². The average molecular weight is 343 g/mol. The Bertz CT molecular complexity index is 671. The molecule has 4 nitrogen and oxygen atoms in total. The first kappa shape index (κ1) is 18.1. The Kier molecular flexibility index (Phi) is 6.88. The highest BCUT2D eigenvalue weighted by Gasteiger charge is 2.18. The molecule has 0 saturated carbocycles. The number of carboxylic acids is 1. The van der Waals surface area contributed by atoms with Crippen molar-refractivity contribution in [3.63, 3.8) is 0 Å². The minimum absolute atomic E-state index is 0.136. The van der Waals surface area contributed by atoms with Crippen LogP contribution in [0.3, 0.4) is 0 Å². The molecule has 0 aliphatic rings. The van der Waals surface area contributed by atoms with Crippen LogP contribution in [0.1, 0.15) is 11.1 Å². The third kappa shape index (κ3) is 6.08. The van der Waals surface area contributed by atoms with E-state index in [9.17, 15) is 14.7 Å². The number of hydrogen-bond donors (Lipinski definition) is 2. The standard InChI is InChI=1S/C19H21NO3S/c1-14-7-9-17(10-8-14)24-13-18(21)20-12-16(19(22)23)11-15-5-3-2-4-6-15/h2-10,16H,11-13H2,1H3,(H,20,21)(H,22,23). The SMILES string of the molecule is Cc1ccc(SCC(=O)NCC(Cc2ccccc2)C(=O)O)cc1. The molecule has 0 spiro atoms. The van der Waals surface area contributed by atoms with Gasteiger partial charge < -0.3 is 10.4 Å². The largest absolute Gasteiger partial charge is 0.481 e. The second-order valence-corrected chi connectivity index (χ2v) is 6.68. The molecule has 0 heterocycles. The van der Waals surface area contributed by atoms with E-state index in [4.69, 9.17) is 0 Å². The Morgan fingerprint density at radius 2 is 1.75 bits per heavy atom. The molecule has 0 aromatic heterocycles. The van der Waals surface area contributed by atoms with Gasteiger partial charge in [-0.2, -0.15) is 0 Å². The summed E-state index contributed by atoms with van der Waals surface area (Å²) in [5.74, 6) is -1.40. The zero-order valence-electron chi connectivity index (χ0n) is 13.6. The van der Waals surface area contributed by atoms with Crippen LogP contribution in [0.25, 0.3) is 0 Å². The molecular weight excluding hydrogens is 322 g/mol. The lowest BCUT2D eigenvalue weighted by Crippen LogP contribution is -2.35. The highest BCUT2D eigenvalue weighted by Crippen LogP contribution is 2.17. The molecule has 1 atom stereocenters. The summed E-state index contributed by atoms with van der Waals surface area (Å²) in [6.07, 6.45) is 0.404. The Morgan fingerprint density at radius 1 is 1.08 bits per heavy atom. The van der Waals surface area contributed by atoms with Gasteiger partial charge in [-0.05, 0) is 31.0 Å². The lowest BCUT2D eigenvalue weighted by atomic mass is 9.99. The maximum atomic E-state index is 11.9. The molecule has 0 bridgehead atoms. The Balaban J connectivity index is 1.79. The van der Waals surface area contributed by atoms with Crippen LogP contribution >= 0.6 is 11.8 Å². The summed E-state index contributed by atoms with van der Waals surface area (Å²) in [5.41, 5.74) is 2.13. The lowest BCUT2D eigenvalue weighted by molar-refractivity contribution is -0.141. The quantitative estimate of drug-likeness (QED) is 0.723. The number of carboxylic acid groups (broad SMARTS) is 1. The molecule has 2 aromatic carbocycles. The van der Waals surface area contributed by atoms with Gasteiger partial charge in [-0.1, -0.05) is 48.0 Å². The monoisotopic (exact) mass is 343 g/mol. The third-order valence-corrected chi connectivity index (χ3v) is 4.62. The van der Waals surface area contributed by atoms with Crippen LogP contribution in [0.4, 0.5) is 0 Å². The normalized spacial score (nSPS) is 11.7. The number of nitrogens with one attached hydrogen (secondary N) is 1. The van der Waals surface area contributed by atoms with Gasteiger partial charge in [0.15, 0.2) is 0 Å². The molecule has 0 radical (unpaired) electrons. The van der Waals surface area contributed by atoms with E-state index in [1.807, 2.05) is 61.5 Å². The van der Waals surface area contributed by atoms with E-state index >= 15 is 0 Å². The van der Waals surface area contributed by atoms with E-state index in [1.165, 1.54) is 17.3 Å². The number of thioether (sulfide) groups is 1. The third-order valence-electron chi connectivity index (χ3n) is 3.61. The molecule has 126 valence electrons. The van der Waals surface area contributed by atoms with Crippen molar-refractivity contribution in [1.29, 1.82) is 0 Å².